The molecule has 0 bridgehead atoms. The smallest absolute Gasteiger partial charge is 0.313 e. The van der Waals surface area contributed by atoms with Crippen molar-refractivity contribution < 1.29 is 14.5 Å². The van der Waals surface area contributed by atoms with Gasteiger partial charge in [-0.1, -0.05) is 48.5 Å². The van der Waals surface area contributed by atoms with Crippen LogP contribution in [-0.4, -0.2) is 41.3 Å². The monoisotopic (exact) mass is 432 g/mol. The highest BCUT2D eigenvalue weighted by Gasteiger charge is 2.26. The van der Waals surface area contributed by atoms with Crippen LogP contribution in [0.25, 0.3) is 10.8 Å². The van der Waals surface area contributed by atoms with Crippen molar-refractivity contribution in [1.29, 1.82) is 0 Å². The Morgan fingerprint density at radius 1 is 0.969 bits per heavy atom. The fourth-order valence-electron chi connectivity index (χ4n) is 4.18. The number of nitro benzene ring substituents is 1. The minimum atomic E-state index is -0.858. The maximum Gasteiger partial charge on any atom is 0.313 e. The lowest BCUT2D eigenvalue weighted by molar-refractivity contribution is -0.384. The van der Waals surface area contributed by atoms with Crippen LogP contribution in [-0.2, 0) is 9.59 Å². The van der Waals surface area contributed by atoms with Gasteiger partial charge < -0.3 is 10.6 Å². The number of carbonyl (C=O) groups is 2. The number of hydrogen-bond donors (Lipinski definition) is 2. The van der Waals surface area contributed by atoms with E-state index in [-0.39, 0.29) is 24.0 Å². The van der Waals surface area contributed by atoms with E-state index in [1.54, 1.807) is 0 Å². The maximum absolute atomic E-state index is 12.5. The zero-order valence-corrected chi connectivity index (χ0v) is 17.5. The van der Waals surface area contributed by atoms with Gasteiger partial charge in [-0.3, -0.25) is 24.6 Å². The van der Waals surface area contributed by atoms with Gasteiger partial charge >= 0.3 is 11.8 Å². The average Bonchev–Trinajstić information content (AvgIpc) is 3.34. The Kier molecular flexibility index (Phi) is 6.42. The number of amides is 2. The summed E-state index contributed by atoms with van der Waals surface area (Å²) >= 11 is 0. The lowest BCUT2D eigenvalue weighted by Crippen LogP contribution is -2.41. The zero-order chi connectivity index (χ0) is 22.5. The summed E-state index contributed by atoms with van der Waals surface area (Å²) in [4.78, 5) is 37.6. The van der Waals surface area contributed by atoms with E-state index in [4.69, 9.17) is 0 Å². The van der Waals surface area contributed by atoms with Crippen LogP contribution in [0.2, 0.25) is 0 Å². The Labute approximate surface area is 185 Å². The third-order valence-electron chi connectivity index (χ3n) is 5.74. The third-order valence-corrected chi connectivity index (χ3v) is 5.74. The van der Waals surface area contributed by atoms with Crippen LogP contribution in [0.4, 0.5) is 11.4 Å². The van der Waals surface area contributed by atoms with Gasteiger partial charge in [-0.15, -0.1) is 0 Å². The SMILES string of the molecule is O=C(NCC(c1cccc2ccccc12)N1CCCC1)C(=O)Nc1cccc([N+](=O)[O-])c1. The molecule has 8 nitrogen and oxygen atoms in total. The summed E-state index contributed by atoms with van der Waals surface area (Å²) in [6.07, 6.45) is 2.20. The van der Waals surface area contributed by atoms with E-state index in [0.717, 1.165) is 42.3 Å². The van der Waals surface area contributed by atoms with Crippen molar-refractivity contribution in [1.82, 2.24) is 10.2 Å². The quantitative estimate of drug-likeness (QED) is 0.352. The molecule has 3 aromatic rings. The molecule has 8 heteroatoms. The third kappa shape index (κ3) is 4.76. The fourth-order valence-corrected chi connectivity index (χ4v) is 4.18. The normalized spacial score (nSPS) is 14.8. The van der Waals surface area contributed by atoms with Crippen molar-refractivity contribution in [3.63, 3.8) is 0 Å². The van der Waals surface area contributed by atoms with Crippen molar-refractivity contribution in [2.24, 2.45) is 0 Å². The molecule has 0 aliphatic carbocycles. The molecule has 0 saturated carbocycles. The van der Waals surface area contributed by atoms with Crippen LogP contribution in [0.1, 0.15) is 24.4 Å². The summed E-state index contributed by atoms with van der Waals surface area (Å²) in [5.41, 5.74) is 1.15. The highest BCUT2D eigenvalue weighted by molar-refractivity contribution is 6.39. The van der Waals surface area contributed by atoms with E-state index in [1.807, 2.05) is 18.2 Å². The van der Waals surface area contributed by atoms with Gasteiger partial charge in [-0.05, 0) is 48.3 Å². The van der Waals surface area contributed by atoms with Crippen molar-refractivity contribution in [2.75, 3.05) is 25.0 Å². The minimum Gasteiger partial charge on any atom is -0.346 e. The van der Waals surface area contributed by atoms with Gasteiger partial charge in [0, 0.05) is 24.4 Å². The minimum absolute atomic E-state index is 0.0573. The van der Waals surface area contributed by atoms with Gasteiger partial charge in [0.05, 0.1) is 11.0 Å². The summed E-state index contributed by atoms with van der Waals surface area (Å²) in [5, 5.41) is 18.4. The van der Waals surface area contributed by atoms with Crippen LogP contribution in [0.15, 0.2) is 66.7 Å². The Bertz CT molecular complexity index is 1150. The molecule has 4 rings (SSSR count). The molecular weight excluding hydrogens is 408 g/mol. The largest absolute Gasteiger partial charge is 0.346 e. The maximum atomic E-state index is 12.5. The van der Waals surface area contributed by atoms with Crippen molar-refractivity contribution >= 4 is 34.0 Å². The molecule has 0 spiro atoms. The Balaban J connectivity index is 1.48. The molecule has 32 heavy (non-hydrogen) atoms. The second kappa shape index (κ2) is 9.57. The Hall–Kier alpha value is -3.78. The second-order valence-electron chi connectivity index (χ2n) is 7.80. The first-order chi connectivity index (χ1) is 15.5. The molecule has 0 radical (unpaired) electrons. The number of hydrogen-bond acceptors (Lipinski definition) is 5. The summed E-state index contributed by atoms with van der Waals surface area (Å²) in [7, 11) is 0. The average molecular weight is 432 g/mol. The van der Waals surface area contributed by atoms with Gasteiger partial charge in [0.25, 0.3) is 5.69 Å². The molecular formula is C24H24N4O4. The lowest BCUT2D eigenvalue weighted by Gasteiger charge is -2.29. The first-order valence-corrected chi connectivity index (χ1v) is 10.6. The van der Waals surface area contributed by atoms with Gasteiger partial charge in [0.1, 0.15) is 0 Å². The number of carbonyl (C=O) groups excluding carboxylic acids is 2. The van der Waals surface area contributed by atoms with E-state index >= 15 is 0 Å². The van der Waals surface area contributed by atoms with E-state index in [1.165, 1.54) is 24.3 Å². The van der Waals surface area contributed by atoms with Crippen LogP contribution in [0.3, 0.4) is 0 Å². The molecule has 0 aromatic heterocycles. The van der Waals surface area contributed by atoms with Crippen molar-refractivity contribution in [3.8, 4) is 0 Å². The number of non-ortho nitro benzene ring substituents is 1. The van der Waals surface area contributed by atoms with Crippen molar-refractivity contribution in [2.45, 2.75) is 18.9 Å². The number of benzene rings is 3. The molecule has 164 valence electrons. The number of anilines is 1. The van der Waals surface area contributed by atoms with Gasteiger partial charge in [0.15, 0.2) is 0 Å². The number of nitro groups is 1. The Morgan fingerprint density at radius 2 is 1.69 bits per heavy atom. The first kappa shape index (κ1) is 21.5. The first-order valence-electron chi connectivity index (χ1n) is 10.6. The highest BCUT2D eigenvalue weighted by Crippen LogP contribution is 2.30. The molecule has 1 fully saturated rings. The van der Waals surface area contributed by atoms with E-state index in [9.17, 15) is 19.7 Å². The van der Waals surface area contributed by atoms with Crippen molar-refractivity contribution in [3.05, 3.63) is 82.4 Å². The van der Waals surface area contributed by atoms with Crippen LogP contribution in [0, 0.1) is 10.1 Å². The van der Waals surface area contributed by atoms with E-state index in [0.29, 0.717) is 0 Å². The fraction of sp³-hybridized carbons (Fsp3) is 0.250. The number of nitrogens with one attached hydrogen (secondary N) is 2. The van der Waals surface area contributed by atoms with E-state index in [2.05, 4.69) is 39.8 Å². The van der Waals surface area contributed by atoms with Crippen LogP contribution >= 0.6 is 0 Å². The second-order valence-corrected chi connectivity index (χ2v) is 7.80. The number of likely N-dealkylation sites (tertiary alicyclic amines) is 1. The molecule has 1 aliphatic rings. The molecule has 3 aromatic carbocycles. The standard InChI is InChI=1S/C24H24N4O4/c29-23(24(30)26-18-9-6-10-19(15-18)28(31)32)25-16-22(27-13-3-4-14-27)21-12-5-8-17-7-1-2-11-20(17)21/h1-2,5-12,15,22H,3-4,13-14,16H2,(H,25,29)(H,26,30). The number of rotatable bonds is 6. The topological polar surface area (TPSA) is 105 Å². The summed E-state index contributed by atoms with van der Waals surface area (Å²) in [6.45, 7) is 2.16. The summed E-state index contributed by atoms with van der Waals surface area (Å²) < 4.78 is 0. The predicted octanol–water partition coefficient (Wildman–Crippen LogP) is 3.64. The Morgan fingerprint density at radius 3 is 2.47 bits per heavy atom. The van der Waals surface area contributed by atoms with Crippen LogP contribution in [0.5, 0.6) is 0 Å². The molecule has 1 heterocycles. The van der Waals surface area contributed by atoms with Gasteiger partial charge in [0.2, 0.25) is 0 Å². The summed E-state index contributed by atoms with van der Waals surface area (Å²) in [5.74, 6) is -1.63. The molecule has 2 N–H and O–H groups in total. The molecule has 1 unspecified atom stereocenters. The van der Waals surface area contributed by atoms with Gasteiger partial charge in [-0.25, -0.2) is 0 Å². The molecule has 2 amide bonds. The number of nitrogens with zero attached hydrogens (tertiary/aromatic N) is 2. The number of fused-ring (bicyclic) bond motifs is 1. The highest BCUT2D eigenvalue weighted by atomic mass is 16.6. The molecule has 1 saturated heterocycles. The molecule has 1 aliphatic heterocycles. The lowest BCUT2D eigenvalue weighted by atomic mass is 9.97. The molecule has 1 atom stereocenters. The van der Waals surface area contributed by atoms with E-state index < -0.39 is 16.7 Å². The van der Waals surface area contributed by atoms with Crippen LogP contribution < -0.4 is 10.6 Å². The summed E-state index contributed by atoms with van der Waals surface area (Å²) in [6, 6.07) is 19.7. The van der Waals surface area contributed by atoms with Gasteiger partial charge in [-0.2, -0.15) is 0 Å². The predicted molar refractivity (Wildman–Crippen MR) is 122 cm³/mol. The zero-order valence-electron chi connectivity index (χ0n) is 17.5.